The molecule has 0 aliphatic rings. The predicted octanol–water partition coefficient (Wildman–Crippen LogP) is 2.75. The molecule has 0 saturated carbocycles. The Balaban J connectivity index is 2.26. The van der Waals surface area contributed by atoms with Crippen LogP contribution in [-0.2, 0) is 4.79 Å². The summed E-state index contributed by atoms with van der Waals surface area (Å²) >= 11 is 1.36. The molecule has 1 heterocycles. The summed E-state index contributed by atoms with van der Waals surface area (Å²) in [7, 11) is 1.47. The highest BCUT2D eigenvalue weighted by Gasteiger charge is 2.36. The first-order valence-electron chi connectivity index (χ1n) is 6.36. The van der Waals surface area contributed by atoms with Crippen LogP contribution < -0.4 is 0 Å². The smallest absolute Gasteiger partial charge is 0.329 e. The molecule has 21 heavy (non-hydrogen) atoms. The van der Waals surface area contributed by atoms with Gasteiger partial charge in [0.2, 0.25) is 0 Å². The van der Waals surface area contributed by atoms with E-state index in [9.17, 15) is 14.7 Å². The molecule has 0 bridgehead atoms. The van der Waals surface area contributed by atoms with Gasteiger partial charge in [-0.25, -0.2) is 9.78 Å². The number of amides is 1. The van der Waals surface area contributed by atoms with Crippen molar-refractivity contribution in [1.82, 2.24) is 9.88 Å². The van der Waals surface area contributed by atoms with Gasteiger partial charge in [-0.15, -0.1) is 11.3 Å². The van der Waals surface area contributed by atoms with Gasteiger partial charge in [-0.2, -0.15) is 0 Å². The lowest BCUT2D eigenvalue weighted by Gasteiger charge is -2.30. The molecular formula is C15H16N2O3S. The molecule has 1 amide bonds. The number of hydrogen-bond acceptors (Lipinski definition) is 4. The van der Waals surface area contributed by atoms with E-state index < -0.39 is 17.4 Å². The first-order valence-corrected chi connectivity index (χ1v) is 7.24. The molecule has 110 valence electrons. The summed E-state index contributed by atoms with van der Waals surface area (Å²) < 4.78 is 0. The fourth-order valence-electron chi connectivity index (χ4n) is 1.65. The normalized spacial score (nSPS) is 11.2. The van der Waals surface area contributed by atoms with Crippen LogP contribution in [0.4, 0.5) is 0 Å². The number of aliphatic carboxylic acids is 1. The molecule has 6 heteroatoms. The van der Waals surface area contributed by atoms with Gasteiger partial charge < -0.3 is 10.0 Å². The number of hydrogen-bond donors (Lipinski definition) is 1. The van der Waals surface area contributed by atoms with Crippen molar-refractivity contribution in [1.29, 1.82) is 0 Å². The predicted molar refractivity (Wildman–Crippen MR) is 81.4 cm³/mol. The Morgan fingerprint density at radius 2 is 1.86 bits per heavy atom. The molecule has 0 unspecified atom stereocenters. The van der Waals surface area contributed by atoms with Gasteiger partial charge in [0, 0.05) is 18.0 Å². The Morgan fingerprint density at radius 1 is 1.24 bits per heavy atom. The van der Waals surface area contributed by atoms with Gasteiger partial charge in [0.1, 0.15) is 16.2 Å². The minimum atomic E-state index is -1.28. The van der Waals surface area contributed by atoms with E-state index in [1.807, 2.05) is 30.3 Å². The number of aromatic nitrogens is 1. The average molecular weight is 304 g/mol. The Bertz CT molecular complexity index is 665. The molecule has 2 aromatic rings. The second kappa shape index (κ2) is 5.65. The molecule has 0 atom stereocenters. The Hall–Kier alpha value is -2.21. The molecule has 0 radical (unpaired) electrons. The summed E-state index contributed by atoms with van der Waals surface area (Å²) in [5, 5.41) is 11.6. The largest absolute Gasteiger partial charge is 0.480 e. The highest BCUT2D eigenvalue weighted by molar-refractivity contribution is 7.13. The van der Waals surface area contributed by atoms with E-state index in [2.05, 4.69) is 4.98 Å². The van der Waals surface area contributed by atoms with Crippen LogP contribution in [0.2, 0.25) is 0 Å². The molecule has 2 rings (SSSR count). The second-order valence-corrected chi connectivity index (χ2v) is 5.99. The number of carboxylic acid groups (broad SMARTS) is 1. The highest BCUT2D eigenvalue weighted by Crippen LogP contribution is 2.25. The minimum Gasteiger partial charge on any atom is -0.480 e. The monoisotopic (exact) mass is 304 g/mol. The number of benzene rings is 1. The van der Waals surface area contributed by atoms with Gasteiger partial charge in [-0.05, 0) is 13.8 Å². The quantitative estimate of drug-likeness (QED) is 0.943. The fourth-order valence-corrected chi connectivity index (χ4v) is 2.45. The number of carbonyl (C=O) groups excluding carboxylic acids is 1. The number of carboxylic acids is 1. The Kier molecular flexibility index (Phi) is 4.09. The summed E-state index contributed by atoms with van der Waals surface area (Å²) in [6.07, 6.45) is 0. The van der Waals surface area contributed by atoms with E-state index >= 15 is 0 Å². The number of carbonyl (C=O) groups is 2. The van der Waals surface area contributed by atoms with Crippen molar-refractivity contribution >= 4 is 23.2 Å². The van der Waals surface area contributed by atoms with E-state index in [0.717, 1.165) is 10.6 Å². The number of thiazole rings is 1. The van der Waals surface area contributed by atoms with Crippen molar-refractivity contribution < 1.29 is 14.7 Å². The SMILES string of the molecule is CN(C(=O)c1csc(-c2ccccc2)n1)C(C)(C)C(=O)O. The van der Waals surface area contributed by atoms with E-state index in [1.54, 1.807) is 5.38 Å². The molecule has 1 aromatic heterocycles. The lowest BCUT2D eigenvalue weighted by atomic mass is 10.0. The van der Waals surface area contributed by atoms with Crippen molar-refractivity contribution in [3.63, 3.8) is 0 Å². The maximum Gasteiger partial charge on any atom is 0.329 e. The Labute approximate surface area is 126 Å². The zero-order valence-corrected chi connectivity index (χ0v) is 12.8. The van der Waals surface area contributed by atoms with Gasteiger partial charge >= 0.3 is 5.97 Å². The first-order chi connectivity index (χ1) is 9.84. The zero-order valence-electron chi connectivity index (χ0n) is 12.0. The molecule has 0 aliphatic carbocycles. The van der Waals surface area contributed by atoms with Crippen LogP contribution in [0.3, 0.4) is 0 Å². The zero-order chi connectivity index (χ0) is 15.6. The maximum absolute atomic E-state index is 12.3. The molecule has 1 N–H and O–H groups in total. The van der Waals surface area contributed by atoms with Crippen molar-refractivity contribution in [2.75, 3.05) is 7.05 Å². The summed E-state index contributed by atoms with van der Waals surface area (Å²) in [6, 6.07) is 9.54. The molecule has 0 fully saturated rings. The third-order valence-corrected chi connectivity index (χ3v) is 4.30. The lowest BCUT2D eigenvalue weighted by molar-refractivity contribution is -0.147. The van der Waals surface area contributed by atoms with Crippen LogP contribution in [0.1, 0.15) is 24.3 Å². The second-order valence-electron chi connectivity index (χ2n) is 5.13. The van der Waals surface area contributed by atoms with Crippen molar-refractivity contribution in [2.24, 2.45) is 0 Å². The molecular weight excluding hydrogens is 288 g/mol. The van der Waals surface area contributed by atoms with Crippen LogP contribution in [0.25, 0.3) is 10.6 Å². The third kappa shape index (κ3) is 2.95. The van der Waals surface area contributed by atoms with Crippen LogP contribution in [0.5, 0.6) is 0 Å². The van der Waals surface area contributed by atoms with Gasteiger partial charge in [-0.1, -0.05) is 30.3 Å². The Morgan fingerprint density at radius 3 is 2.43 bits per heavy atom. The lowest BCUT2D eigenvalue weighted by Crippen LogP contribution is -2.50. The summed E-state index contributed by atoms with van der Waals surface area (Å²) in [6.45, 7) is 2.97. The summed E-state index contributed by atoms with van der Waals surface area (Å²) in [4.78, 5) is 29.1. The molecule has 0 spiro atoms. The van der Waals surface area contributed by atoms with Crippen LogP contribution >= 0.6 is 11.3 Å². The number of nitrogens with zero attached hydrogens (tertiary/aromatic N) is 2. The fraction of sp³-hybridized carbons (Fsp3) is 0.267. The van der Waals surface area contributed by atoms with Crippen LogP contribution in [-0.4, -0.2) is 39.5 Å². The van der Waals surface area contributed by atoms with Crippen LogP contribution in [0.15, 0.2) is 35.7 Å². The van der Waals surface area contributed by atoms with Crippen molar-refractivity contribution in [2.45, 2.75) is 19.4 Å². The van der Waals surface area contributed by atoms with Crippen molar-refractivity contribution in [3.8, 4) is 10.6 Å². The van der Waals surface area contributed by atoms with Gasteiger partial charge in [0.15, 0.2) is 0 Å². The average Bonchev–Trinajstić information content (AvgIpc) is 2.96. The van der Waals surface area contributed by atoms with Gasteiger partial charge in [0.25, 0.3) is 5.91 Å². The molecule has 0 saturated heterocycles. The number of likely N-dealkylation sites (N-methyl/N-ethyl adjacent to an activating group) is 1. The third-order valence-electron chi connectivity index (χ3n) is 3.41. The van der Waals surface area contributed by atoms with Gasteiger partial charge in [0.05, 0.1) is 0 Å². The van der Waals surface area contributed by atoms with E-state index in [4.69, 9.17) is 0 Å². The molecule has 1 aromatic carbocycles. The topological polar surface area (TPSA) is 70.5 Å². The summed E-state index contributed by atoms with van der Waals surface area (Å²) in [5.74, 6) is -1.46. The molecule has 5 nitrogen and oxygen atoms in total. The molecule has 0 aliphatic heterocycles. The van der Waals surface area contributed by atoms with Crippen LogP contribution in [0, 0.1) is 0 Å². The standard InChI is InChI=1S/C15H16N2O3S/c1-15(2,14(19)20)17(3)13(18)11-9-21-12(16-11)10-7-5-4-6-8-10/h4-9H,1-3H3,(H,19,20). The number of rotatable bonds is 4. The van der Waals surface area contributed by atoms with E-state index in [1.165, 1.54) is 37.1 Å². The minimum absolute atomic E-state index is 0.260. The highest BCUT2D eigenvalue weighted by atomic mass is 32.1. The van der Waals surface area contributed by atoms with E-state index in [-0.39, 0.29) is 5.69 Å². The van der Waals surface area contributed by atoms with Gasteiger partial charge in [-0.3, -0.25) is 4.79 Å². The van der Waals surface area contributed by atoms with E-state index in [0.29, 0.717) is 0 Å². The maximum atomic E-state index is 12.3. The van der Waals surface area contributed by atoms with Crippen molar-refractivity contribution in [3.05, 3.63) is 41.4 Å². The summed E-state index contributed by atoms with van der Waals surface area (Å²) in [5.41, 5.74) is -0.0921. The first kappa shape index (κ1) is 15.2.